The van der Waals surface area contributed by atoms with Gasteiger partial charge >= 0.3 is 0 Å². The highest BCUT2D eigenvalue weighted by Gasteiger charge is 2.25. The zero-order chi connectivity index (χ0) is 9.42. The molecule has 0 aromatic carbocycles. The van der Waals surface area contributed by atoms with E-state index in [1.807, 2.05) is 20.2 Å². The third kappa shape index (κ3) is 1.39. The summed E-state index contributed by atoms with van der Waals surface area (Å²) in [5.41, 5.74) is 1.21. The minimum Gasteiger partial charge on any atom is -0.335 e. The Morgan fingerprint density at radius 3 is 2.85 bits per heavy atom. The van der Waals surface area contributed by atoms with Crippen molar-refractivity contribution >= 4 is 5.78 Å². The van der Waals surface area contributed by atoms with E-state index in [0.717, 1.165) is 18.7 Å². The maximum atomic E-state index is 11.1. The van der Waals surface area contributed by atoms with Gasteiger partial charge in [-0.25, -0.2) is 4.98 Å². The zero-order valence-corrected chi connectivity index (χ0v) is 8.08. The van der Waals surface area contributed by atoms with Gasteiger partial charge in [0.25, 0.3) is 0 Å². The quantitative estimate of drug-likeness (QED) is 0.654. The van der Waals surface area contributed by atoms with Crippen LogP contribution in [0.4, 0.5) is 0 Å². The van der Waals surface area contributed by atoms with Gasteiger partial charge in [0, 0.05) is 37.7 Å². The monoisotopic (exact) mass is 178 g/mol. The standard InChI is InChI=1S/C10H14N2O/c1-7-11-6-10(12(7)2)8-3-4-9(13)5-8/h6,8H,3-5H2,1-2H3. The lowest BCUT2D eigenvalue weighted by atomic mass is 10.1. The van der Waals surface area contributed by atoms with Crippen molar-refractivity contribution < 1.29 is 4.79 Å². The van der Waals surface area contributed by atoms with Crippen molar-refractivity contribution in [3.05, 3.63) is 17.7 Å². The Hall–Kier alpha value is -1.12. The van der Waals surface area contributed by atoms with E-state index in [1.165, 1.54) is 5.69 Å². The fourth-order valence-electron chi connectivity index (χ4n) is 1.97. The molecule has 0 amide bonds. The molecule has 1 aromatic rings. The van der Waals surface area contributed by atoms with E-state index in [-0.39, 0.29) is 0 Å². The summed E-state index contributed by atoms with van der Waals surface area (Å²) in [5, 5.41) is 0. The van der Waals surface area contributed by atoms with Crippen molar-refractivity contribution in [3.8, 4) is 0 Å². The highest BCUT2D eigenvalue weighted by molar-refractivity contribution is 5.81. The van der Waals surface area contributed by atoms with Gasteiger partial charge in [-0.15, -0.1) is 0 Å². The number of ketones is 1. The molecule has 0 bridgehead atoms. The summed E-state index contributed by atoms with van der Waals surface area (Å²) in [6.45, 7) is 1.99. The van der Waals surface area contributed by atoms with Gasteiger partial charge in [0.05, 0.1) is 0 Å². The summed E-state index contributed by atoms with van der Waals surface area (Å²) >= 11 is 0. The van der Waals surface area contributed by atoms with Crippen molar-refractivity contribution in [2.45, 2.75) is 32.1 Å². The Kier molecular flexibility index (Phi) is 1.94. The number of rotatable bonds is 1. The van der Waals surface area contributed by atoms with Crippen molar-refractivity contribution in [3.63, 3.8) is 0 Å². The van der Waals surface area contributed by atoms with Crippen LogP contribution in [0.25, 0.3) is 0 Å². The second-order valence-corrected chi connectivity index (χ2v) is 3.77. The molecule has 1 aliphatic rings. The summed E-state index contributed by atoms with van der Waals surface area (Å²) in [6.07, 6.45) is 4.35. The second-order valence-electron chi connectivity index (χ2n) is 3.77. The number of imidazole rings is 1. The summed E-state index contributed by atoms with van der Waals surface area (Å²) in [5.74, 6) is 1.83. The largest absolute Gasteiger partial charge is 0.335 e. The molecule has 1 unspecified atom stereocenters. The molecule has 1 saturated carbocycles. The smallest absolute Gasteiger partial charge is 0.133 e. The van der Waals surface area contributed by atoms with Crippen LogP contribution in [0.5, 0.6) is 0 Å². The third-order valence-corrected chi connectivity index (χ3v) is 2.92. The van der Waals surface area contributed by atoms with E-state index in [9.17, 15) is 4.79 Å². The molecule has 1 fully saturated rings. The van der Waals surface area contributed by atoms with Crippen molar-refractivity contribution in [1.29, 1.82) is 0 Å². The first-order chi connectivity index (χ1) is 6.18. The van der Waals surface area contributed by atoms with Crippen LogP contribution in [0.3, 0.4) is 0 Å². The van der Waals surface area contributed by atoms with Gasteiger partial charge in [0.2, 0.25) is 0 Å². The molecule has 0 N–H and O–H groups in total. The van der Waals surface area contributed by atoms with E-state index in [4.69, 9.17) is 0 Å². The lowest BCUT2D eigenvalue weighted by Gasteiger charge is -2.08. The number of hydrogen-bond donors (Lipinski definition) is 0. The van der Waals surface area contributed by atoms with E-state index in [0.29, 0.717) is 18.1 Å². The van der Waals surface area contributed by atoms with E-state index < -0.39 is 0 Å². The number of hydrogen-bond acceptors (Lipinski definition) is 2. The van der Waals surface area contributed by atoms with Crippen LogP contribution in [-0.2, 0) is 11.8 Å². The lowest BCUT2D eigenvalue weighted by molar-refractivity contribution is -0.117. The van der Waals surface area contributed by atoms with Gasteiger partial charge in [-0.05, 0) is 13.3 Å². The molecule has 3 nitrogen and oxygen atoms in total. The van der Waals surface area contributed by atoms with E-state index >= 15 is 0 Å². The van der Waals surface area contributed by atoms with Crippen LogP contribution in [-0.4, -0.2) is 15.3 Å². The maximum Gasteiger partial charge on any atom is 0.133 e. The van der Waals surface area contributed by atoms with Gasteiger partial charge in [-0.2, -0.15) is 0 Å². The van der Waals surface area contributed by atoms with Crippen molar-refractivity contribution in [2.75, 3.05) is 0 Å². The van der Waals surface area contributed by atoms with Crippen LogP contribution in [0.15, 0.2) is 6.20 Å². The maximum absolute atomic E-state index is 11.1. The summed E-state index contributed by atoms with van der Waals surface area (Å²) in [7, 11) is 2.01. The molecule has 0 spiro atoms. The SMILES string of the molecule is Cc1ncc(C2CCC(=O)C2)n1C. The van der Waals surface area contributed by atoms with Crippen molar-refractivity contribution in [1.82, 2.24) is 9.55 Å². The summed E-state index contributed by atoms with van der Waals surface area (Å²) < 4.78 is 2.09. The first kappa shape index (κ1) is 8.48. The number of aryl methyl sites for hydroxylation is 1. The molecule has 70 valence electrons. The molecule has 0 aliphatic heterocycles. The Balaban J connectivity index is 2.26. The van der Waals surface area contributed by atoms with E-state index in [2.05, 4.69) is 9.55 Å². The van der Waals surface area contributed by atoms with Crippen LogP contribution in [0.2, 0.25) is 0 Å². The third-order valence-electron chi connectivity index (χ3n) is 2.92. The molecule has 0 radical (unpaired) electrons. The molecule has 1 heterocycles. The van der Waals surface area contributed by atoms with E-state index in [1.54, 1.807) is 0 Å². The van der Waals surface area contributed by atoms with Gasteiger partial charge < -0.3 is 4.57 Å². The summed E-state index contributed by atoms with van der Waals surface area (Å²) in [4.78, 5) is 15.4. The average Bonchev–Trinajstić information content (AvgIpc) is 2.62. The first-order valence-electron chi connectivity index (χ1n) is 4.68. The fourth-order valence-corrected chi connectivity index (χ4v) is 1.97. The van der Waals surface area contributed by atoms with Crippen molar-refractivity contribution in [2.24, 2.45) is 7.05 Å². The van der Waals surface area contributed by atoms with Gasteiger partial charge in [-0.1, -0.05) is 0 Å². The first-order valence-corrected chi connectivity index (χ1v) is 4.68. The minimum atomic E-state index is 0.392. The molecule has 3 heteroatoms. The molecular formula is C10H14N2O. The normalized spacial score (nSPS) is 22.6. The number of Topliss-reactive ketones (excluding diaryl/α,β-unsaturated/α-hetero) is 1. The fraction of sp³-hybridized carbons (Fsp3) is 0.600. The Morgan fingerprint density at radius 1 is 1.62 bits per heavy atom. The highest BCUT2D eigenvalue weighted by Crippen LogP contribution is 2.31. The number of aromatic nitrogens is 2. The molecule has 1 aliphatic carbocycles. The Morgan fingerprint density at radius 2 is 2.38 bits per heavy atom. The Bertz CT molecular complexity index is 341. The molecule has 1 aromatic heterocycles. The minimum absolute atomic E-state index is 0.392. The second kappa shape index (κ2) is 2.98. The molecule has 13 heavy (non-hydrogen) atoms. The molecule has 1 atom stereocenters. The lowest BCUT2D eigenvalue weighted by Crippen LogP contribution is -2.03. The highest BCUT2D eigenvalue weighted by atomic mass is 16.1. The number of carbonyl (C=O) groups is 1. The van der Waals surface area contributed by atoms with Crippen LogP contribution in [0, 0.1) is 6.92 Å². The molecular weight excluding hydrogens is 164 g/mol. The molecule has 2 rings (SSSR count). The summed E-state index contributed by atoms with van der Waals surface area (Å²) in [6, 6.07) is 0. The predicted octanol–water partition coefficient (Wildman–Crippen LogP) is 1.57. The van der Waals surface area contributed by atoms with Gasteiger partial charge in [0.15, 0.2) is 0 Å². The number of nitrogens with zero attached hydrogens (tertiary/aromatic N) is 2. The van der Waals surface area contributed by atoms with Gasteiger partial charge in [0.1, 0.15) is 11.6 Å². The number of carbonyl (C=O) groups excluding carboxylic acids is 1. The topological polar surface area (TPSA) is 34.9 Å². The van der Waals surface area contributed by atoms with Crippen LogP contribution < -0.4 is 0 Å². The molecule has 0 saturated heterocycles. The zero-order valence-electron chi connectivity index (χ0n) is 8.08. The Labute approximate surface area is 77.8 Å². The van der Waals surface area contributed by atoms with Crippen LogP contribution in [0.1, 0.15) is 36.7 Å². The van der Waals surface area contributed by atoms with Crippen LogP contribution >= 0.6 is 0 Å². The average molecular weight is 178 g/mol. The van der Waals surface area contributed by atoms with Gasteiger partial charge in [-0.3, -0.25) is 4.79 Å². The predicted molar refractivity (Wildman–Crippen MR) is 49.5 cm³/mol.